The van der Waals surface area contributed by atoms with Crippen molar-refractivity contribution in [2.75, 3.05) is 25.2 Å². The number of methoxy groups -OCH3 is 1. The molecule has 0 aliphatic carbocycles. The van der Waals surface area contributed by atoms with Gasteiger partial charge in [-0.3, -0.25) is 5.32 Å². The van der Waals surface area contributed by atoms with Crippen LogP contribution in [0.2, 0.25) is 0 Å². The van der Waals surface area contributed by atoms with E-state index in [1.807, 2.05) is 11.8 Å². The first kappa shape index (κ1) is 6.39. The van der Waals surface area contributed by atoms with E-state index in [1.54, 1.807) is 7.11 Å². The summed E-state index contributed by atoms with van der Waals surface area (Å²) in [4.78, 5) is 0. The smallest absolute Gasteiger partial charge is 0.116 e. The third kappa shape index (κ3) is 1.65. The molecule has 0 aromatic rings. The van der Waals surface area contributed by atoms with Crippen LogP contribution in [0.15, 0.2) is 0 Å². The van der Waals surface area contributed by atoms with Crippen LogP contribution >= 0.6 is 11.8 Å². The van der Waals surface area contributed by atoms with Crippen LogP contribution in [0, 0.1) is 0 Å². The van der Waals surface area contributed by atoms with E-state index in [-0.39, 0.29) is 0 Å². The summed E-state index contributed by atoms with van der Waals surface area (Å²) in [5.74, 6) is 2.32. The lowest BCUT2D eigenvalue weighted by Gasteiger charge is -2.20. The summed E-state index contributed by atoms with van der Waals surface area (Å²) in [7, 11) is 1.74. The van der Waals surface area contributed by atoms with Crippen molar-refractivity contribution in [1.82, 2.24) is 5.32 Å². The Morgan fingerprint density at radius 2 is 2.62 bits per heavy atom. The molecule has 48 valence electrons. The van der Waals surface area contributed by atoms with Crippen LogP contribution < -0.4 is 5.32 Å². The SMILES string of the molecule is COC1CSCCN1. The molecule has 1 aliphatic heterocycles. The second-order valence-electron chi connectivity index (χ2n) is 1.75. The fraction of sp³-hybridized carbons (Fsp3) is 1.00. The van der Waals surface area contributed by atoms with E-state index in [9.17, 15) is 0 Å². The lowest BCUT2D eigenvalue weighted by Crippen LogP contribution is -2.38. The predicted octanol–water partition coefficient (Wildman–Crippen LogP) is 0.295. The molecular formula is C5H11NOS. The third-order valence-corrected chi connectivity index (χ3v) is 2.20. The van der Waals surface area contributed by atoms with Crippen molar-refractivity contribution in [2.45, 2.75) is 6.23 Å². The first-order valence-corrected chi connectivity index (χ1v) is 3.93. The molecule has 0 saturated carbocycles. The van der Waals surface area contributed by atoms with Crippen molar-refractivity contribution in [3.05, 3.63) is 0 Å². The van der Waals surface area contributed by atoms with Crippen molar-refractivity contribution in [1.29, 1.82) is 0 Å². The highest BCUT2D eigenvalue weighted by molar-refractivity contribution is 7.99. The average molecular weight is 133 g/mol. The molecule has 1 N–H and O–H groups in total. The Labute approximate surface area is 54.0 Å². The van der Waals surface area contributed by atoms with Crippen LogP contribution in [0.1, 0.15) is 0 Å². The number of ether oxygens (including phenoxy) is 1. The Kier molecular flexibility index (Phi) is 2.66. The molecule has 0 bridgehead atoms. The summed E-state index contributed by atoms with van der Waals surface area (Å²) < 4.78 is 5.06. The summed E-state index contributed by atoms with van der Waals surface area (Å²) in [5, 5.41) is 3.23. The van der Waals surface area contributed by atoms with Gasteiger partial charge in [-0.1, -0.05) is 0 Å². The molecule has 0 aromatic carbocycles. The number of hydrogen-bond donors (Lipinski definition) is 1. The van der Waals surface area contributed by atoms with Gasteiger partial charge in [-0.2, -0.15) is 11.8 Å². The first-order chi connectivity index (χ1) is 3.93. The molecule has 0 aromatic heterocycles. The number of thioether (sulfide) groups is 1. The summed E-state index contributed by atoms with van der Waals surface area (Å²) in [6.07, 6.45) is 0.300. The van der Waals surface area contributed by atoms with Gasteiger partial charge in [-0.05, 0) is 0 Å². The van der Waals surface area contributed by atoms with Gasteiger partial charge in [0.2, 0.25) is 0 Å². The zero-order valence-corrected chi connectivity index (χ0v) is 5.83. The van der Waals surface area contributed by atoms with Gasteiger partial charge in [0, 0.05) is 25.2 Å². The molecule has 0 radical (unpaired) electrons. The lowest BCUT2D eigenvalue weighted by atomic mass is 10.6. The monoisotopic (exact) mass is 133 g/mol. The van der Waals surface area contributed by atoms with Crippen LogP contribution in [0.25, 0.3) is 0 Å². The third-order valence-electron chi connectivity index (χ3n) is 1.17. The van der Waals surface area contributed by atoms with Gasteiger partial charge >= 0.3 is 0 Å². The van der Waals surface area contributed by atoms with E-state index in [2.05, 4.69) is 5.32 Å². The maximum Gasteiger partial charge on any atom is 0.116 e. The van der Waals surface area contributed by atoms with Gasteiger partial charge in [-0.15, -0.1) is 0 Å². The lowest BCUT2D eigenvalue weighted by molar-refractivity contribution is 0.0929. The van der Waals surface area contributed by atoms with E-state index >= 15 is 0 Å². The van der Waals surface area contributed by atoms with Gasteiger partial charge in [0.1, 0.15) is 6.23 Å². The van der Waals surface area contributed by atoms with Crippen molar-refractivity contribution in [3.63, 3.8) is 0 Å². The summed E-state index contributed by atoms with van der Waals surface area (Å²) in [6.45, 7) is 1.09. The van der Waals surface area contributed by atoms with Crippen LogP contribution in [0.3, 0.4) is 0 Å². The van der Waals surface area contributed by atoms with Crippen LogP contribution in [-0.2, 0) is 4.74 Å². The standard InChI is InChI=1S/C5H11NOS/c1-7-5-4-8-3-2-6-5/h5-6H,2-4H2,1H3. The van der Waals surface area contributed by atoms with Gasteiger partial charge in [-0.25, -0.2) is 0 Å². The van der Waals surface area contributed by atoms with Crippen molar-refractivity contribution in [3.8, 4) is 0 Å². The largest absolute Gasteiger partial charge is 0.366 e. The fourth-order valence-corrected chi connectivity index (χ4v) is 1.59. The van der Waals surface area contributed by atoms with Crippen LogP contribution in [0.5, 0.6) is 0 Å². The molecule has 1 aliphatic rings. The zero-order valence-electron chi connectivity index (χ0n) is 5.02. The molecule has 1 atom stereocenters. The average Bonchev–Trinajstić information content (AvgIpc) is 1.90. The first-order valence-electron chi connectivity index (χ1n) is 2.77. The second kappa shape index (κ2) is 3.33. The highest BCUT2D eigenvalue weighted by atomic mass is 32.2. The summed E-state index contributed by atoms with van der Waals surface area (Å²) in [5.41, 5.74) is 0. The highest BCUT2D eigenvalue weighted by Gasteiger charge is 2.09. The van der Waals surface area contributed by atoms with Crippen molar-refractivity contribution < 1.29 is 4.74 Å². The molecule has 1 fully saturated rings. The number of hydrogen-bond acceptors (Lipinski definition) is 3. The molecule has 1 saturated heterocycles. The van der Waals surface area contributed by atoms with E-state index in [1.165, 1.54) is 5.75 Å². The van der Waals surface area contributed by atoms with Gasteiger partial charge < -0.3 is 4.74 Å². The molecule has 1 unspecified atom stereocenters. The Bertz CT molecular complexity index is 63.4. The molecule has 1 rings (SSSR count). The Morgan fingerprint density at radius 1 is 1.75 bits per heavy atom. The minimum atomic E-state index is 0.300. The predicted molar refractivity (Wildman–Crippen MR) is 36.1 cm³/mol. The number of nitrogens with one attached hydrogen (secondary N) is 1. The van der Waals surface area contributed by atoms with Gasteiger partial charge in [0.15, 0.2) is 0 Å². The molecular weight excluding hydrogens is 122 g/mol. The molecule has 0 spiro atoms. The topological polar surface area (TPSA) is 21.3 Å². The second-order valence-corrected chi connectivity index (χ2v) is 2.90. The fourth-order valence-electron chi connectivity index (χ4n) is 0.693. The number of rotatable bonds is 1. The van der Waals surface area contributed by atoms with E-state index in [0.29, 0.717) is 6.23 Å². The molecule has 3 heteroatoms. The zero-order chi connectivity index (χ0) is 5.82. The Hall–Kier alpha value is 0.270. The molecule has 2 nitrogen and oxygen atoms in total. The Morgan fingerprint density at radius 3 is 3.00 bits per heavy atom. The van der Waals surface area contributed by atoms with Crippen molar-refractivity contribution >= 4 is 11.8 Å². The quantitative estimate of drug-likeness (QED) is 0.555. The van der Waals surface area contributed by atoms with Gasteiger partial charge in [0.05, 0.1) is 0 Å². The normalized spacial score (nSPS) is 30.4. The molecule has 0 amide bonds. The Balaban J connectivity index is 2.13. The minimum absolute atomic E-state index is 0.300. The van der Waals surface area contributed by atoms with E-state index in [0.717, 1.165) is 12.3 Å². The van der Waals surface area contributed by atoms with Gasteiger partial charge in [0.25, 0.3) is 0 Å². The van der Waals surface area contributed by atoms with Crippen LogP contribution in [-0.4, -0.2) is 31.4 Å². The van der Waals surface area contributed by atoms with Crippen molar-refractivity contribution in [2.24, 2.45) is 0 Å². The molecule has 8 heavy (non-hydrogen) atoms. The summed E-state index contributed by atoms with van der Waals surface area (Å²) >= 11 is 1.94. The van der Waals surface area contributed by atoms with Crippen LogP contribution in [0.4, 0.5) is 0 Å². The highest BCUT2D eigenvalue weighted by Crippen LogP contribution is 2.06. The maximum atomic E-state index is 5.06. The van der Waals surface area contributed by atoms with E-state index < -0.39 is 0 Å². The van der Waals surface area contributed by atoms with E-state index in [4.69, 9.17) is 4.74 Å². The molecule has 1 heterocycles. The summed E-state index contributed by atoms with van der Waals surface area (Å²) in [6, 6.07) is 0. The maximum absolute atomic E-state index is 5.06. The minimum Gasteiger partial charge on any atom is -0.366 e.